The second-order valence-electron chi connectivity index (χ2n) is 4.73. The van der Waals surface area contributed by atoms with Crippen LogP contribution in [0.1, 0.15) is 52.4 Å². The van der Waals surface area contributed by atoms with Crippen molar-refractivity contribution < 1.29 is 9.90 Å². The minimum Gasteiger partial charge on any atom is -0.481 e. The van der Waals surface area contributed by atoms with Crippen molar-refractivity contribution in [3.05, 3.63) is 24.4 Å². The number of allylic oxidation sites excluding steroid dienone is 1. The van der Waals surface area contributed by atoms with Crippen LogP contribution in [0.15, 0.2) is 24.4 Å². The molecule has 3 nitrogen and oxygen atoms in total. The Morgan fingerprint density at radius 2 is 1.94 bits per heavy atom. The average molecular weight is 239 g/mol. The largest absolute Gasteiger partial charge is 0.481 e. The zero-order valence-electron chi connectivity index (χ0n) is 11.0. The molecule has 0 saturated carbocycles. The van der Waals surface area contributed by atoms with Gasteiger partial charge in [-0.3, -0.25) is 4.79 Å². The molecule has 0 saturated heterocycles. The SMILES string of the molecule is C=CCCCCCC[C@](C)(C(=O)O)/C(C)=C/N. The predicted molar refractivity (Wildman–Crippen MR) is 71.6 cm³/mol. The third-order valence-electron chi connectivity index (χ3n) is 3.43. The first-order valence-corrected chi connectivity index (χ1v) is 6.22. The van der Waals surface area contributed by atoms with Crippen LogP contribution in [-0.2, 0) is 4.79 Å². The quantitative estimate of drug-likeness (QED) is 0.478. The van der Waals surface area contributed by atoms with Crippen LogP contribution in [0.3, 0.4) is 0 Å². The summed E-state index contributed by atoms with van der Waals surface area (Å²) in [6, 6.07) is 0. The van der Waals surface area contributed by atoms with Crippen LogP contribution >= 0.6 is 0 Å². The first-order valence-electron chi connectivity index (χ1n) is 6.22. The van der Waals surface area contributed by atoms with Crippen LogP contribution in [0.4, 0.5) is 0 Å². The lowest BCUT2D eigenvalue weighted by Gasteiger charge is -2.25. The van der Waals surface area contributed by atoms with Gasteiger partial charge in [0.15, 0.2) is 0 Å². The van der Waals surface area contributed by atoms with Gasteiger partial charge in [-0.05, 0) is 44.9 Å². The molecule has 0 aliphatic heterocycles. The van der Waals surface area contributed by atoms with Crippen LogP contribution in [0, 0.1) is 5.41 Å². The van der Waals surface area contributed by atoms with Crippen molar-refractivity contribution in [2.24, 2.45) is 11.1 Å². The summed E-state index contributed by atoms with van der Waals surface area (Å²) in [7, 11) is 0. The van der Waals surface area contributed by atoms with Gasteiger partial charge in [-0.15, -0.1) is 6.58 Å². The summed E-state index contributed by atoms with van der Waals surface area (Å²) in [5.41, 5.74) is 5.35. The van der Waals surface area contributed by atoms with Gasteiger partial charge in [-0.25, -0.2) is 0 Å². The summed E-state index contributed by atoms with van der Waals surface area (Å²) in [5, 5.41) is 9.27. The Labute approximate surface area is 104 Å². The van der Waals surface area contributed by atoms with E-state index in [-0.39, 0.29) is 0 Å². The van der Waals surface area contributed by atoms with Crippen molar-refractivity contribution in [2.45, 2.75) is 52.4 Å². The summed E-state index contributed by atoms with van der Waals surface area (Å²) < 4.78 is 0. The number of nitrogens with two attached hydrogens (primary N) is 1. The maximum atomic E-state index is 11.3. The highest BCUT2D eigenvalue weighted by Gasteiger charge is 2.34. The van der Waals surface area contributed by atoms with E-state index < -0.39 is 11.4 Å². The lowest BCUT2D eigenvalue weighted by molar-refractivity contribution is -0.146. The van der Waals surface area contributed by atoms with E-state index in [1.54, 1.807) is 13.8 Å². The highest BCUT2D eigenvalue weighted by atomic mass is 16.4. The lowest BCUT2D eigenvalue weighted by Crippen LogP contribution is -2.29. The number of rotatable bonds is 9. The maximum absolute atomic E-state index is 11.3. The molecule has 0 fully saturated rings. The Morgan fingerprint density at radius 3 is 2.41 bits per heavy atom. The highest BCUT2D eigenvalue weighted by molar-refractivity contribution is 5.77. The highest BCUT2D eigenvalue weighted by Crippen LogP contribution is 2.32. The van der Waals surface area contributed by atoms with E-state index in [0.29, 0.717) is 6.42 Å². The molecule has 0 aliphatic rings. The van der Waals surface area contributed by atoms with Crippen LogP contribution in [0.2, 0.25) is 0 Å². The van der Waals surface area contributed by atoms with Gasteiger partial charge in [0.05, 0.1) is 5.41 Å². The third kappa shape index (κ3) is 5.07. The van der Waals surface area contributed by atoms with Crippen LogP contribution in [-0.4, -0.2) is 11.1 Å². The molecule has 0 aromatic rings. The Balaban J connectivity index is 4.12. The van der Waals surface area contributed by atoms with Gasteiger partial charge in [-0.1, -0.05) is 25.3 Å². The monoisotopic (exact) mass is 239 g/mol. The molecule has 0 heterocycles. The predicted octanol–water partition coefficient (Wildman–Crippen LogP) is 3.47. The molecule has 0 aromatic heterocycles. The number of carboxylic acids is 1. The molecule has 0 aliphatic carbocycles. The van der Waals surface area contributed by atoms with E-state index >= 15 is 0 Å². The van der Waals surface area contributed by atoms with Crippen molar-refractivity contribution in [3.8, 4) is 0 Å². The fourth-order valence-electron chi connectivity index (χ4n) is 1.78. The van der Waals surface area contributed by atoms with Crippen LogP contribution in [0.25, 0.3) is 0 Å². The topological polar surface area (TPSA) is 63.3 Å². The minimum absolute atomic E-state index is 0.649. The first kappa shape index (κ1) is 15.8. The standard InChI is InChI=1S/C14H25NO2/c1-4-5-6-7-8-9-10-14(3,13(16)17)12(2)11-15/h4,11H,1,5-10,15H2,2-3H3,(H,16,17)/b12-11+/t14-/m0/s1. The summed E-state index contributed by atoms with van der Waals surface area (Å²) in [5.74, 6) is -0.789. The van der Waals surface area contributed by atoms with Crippen molar-refractivity contribution in [3.63, 3.8) is 0 Å². The normalized spacial score (nSPS) is 15.3. The van der Waals surface area contributed by atoms with Crippen LogP contribution < -0.4 is 5.73 Å². The van der Waals surface area contributed by atoms with E-state index in [1.807, 2.05) is 6.08 Å². The van der Waals surface area contributed by atoms with Gasteiger partial charge < -0.3 is 10.8 Å². The van der Waals surface area contributed by atoms with E-state index in [1.165, 1.54) is 6.20 Å². The minimum atomic E-state index is -0.812. The van der Waals surface area contributed by atoms with Gasteiger partial charge >= 0.3 is 5.97 Å². The van der Waals surface area contributed by atoms with Gasteiger partial charge in [0.25, 0.3) is 0 Å². The molecule has 0 unspecified atom stereocenters. The molecule has 0 spiro atoms. The maximum Gasteiger partial charge on any atom is 0.313 e. The summed E-state index contributed by atoms with van der Waals surface area (Å²) in [6.07, 6.45) is 9.27. The van der Waals surface area contributed by atoms with Gasteiger partial charge in [0.2, 0.25) is 0 Å². The van der Waals surface area contributed by atoms with Gasteiger partial charge in [0.1, 0.15) is 0 Å². The van der Waals surface area contributed by atoms with E-state index in [0.717, 1.165) is 37.7 Å². The van der Waals surface area contributed by atoms with E-state index in [9.17, 15) is 9.90 Å². The number of carboxylic acid groups (broad SMARTS) is 1. The molecule has 0 radical (unpaired) electrons. The number of aliphatic carboxylic acids is 1. The summed E-state index contributed by atoms with van der Waals surface area (Å²) in [4.78, 5) is 11.3. The molecule has 0 bridgehead atoms. The van der Waals surface area contributed by atoms with E-state index in [2.05, 4.69) is 6.58 Å². The molecule has 1 atom stereocenters. The Morgan fingerprint density at radius 1 is 1.35 bits per heavy atom. The van der Waals surface area contributed by atoms with Crippen LogP contribution in [0.5, 0.6) is 0 Å². The molecule has 17 heavy (non-hydrogen) atoms. The van der Waals surface area contributed by atoms with Crippen molar-refractivity contribution >= 4 is 5.97 Å². The second-order valence-corrected chi connectivity index (χ2v) is 4.73. The number of unbranched alkanes of at least 4 members (excludes halogenated alkanes) is 4. The molecule has 0 rings (SSSR count). The van der Waals surface area contributed by atoms with Gasteiger partial charge in [-0.2, -0.15) is 0 Å². The Bertz CT molecular complexity index is 284. The van der Waals surface area contributed by atoms with E-state index in [4.69, 9.17) is 5.73 Å². The molecule has 0 amide bonds. The molecule has 98 valence electrons. The summed E-state index contributed by atoms with van der Waals surface area (Å²) in [6.45, 7) is 7.21. The smallest absolute Gasteiger partial charge is 0.313 e. The lowest BCUT2D eigenvalue weighted by atomic mass is 9.78. The zero-order chi connectivity index (χ0) is 13.3. The molecule has 0 aromatic carbocycles. The average Bonchev–Trinajstić information content (AvgIpc) is 2.31. The molecule has 3 heteroatoms. The van der Waals surface area contributed by atoms with Gasteiger partial charge in [0, 0.05) is 0 Å². The molecule has 3 N–H and O–H groups in total. The summed E-state index contributed by atoms with van der Waals surface area (Å²) >= 11 is 0. The molecular formula is C14H25NO2. The Kier molecular flexibility index (Phi) is 7.35. The number of carbonyl (C=O) groups is 1. The van der Waals surface area contributed by atoms with Crippen molar-refractivity contribution in [1.82, 2.24) is 0 Å². The number of hydrogen-bond acceptors (Lipinski definition) is 2. The van der Waals surface area contributed by atoms with Crippen molar-refractivity contribution in [1.29, 1.82) is 0 Å². The fourth-order valence-corrected chi connectivity index (χ4v) is 1.78. The zero-order valence-corrected chi connectivity index (χ0v) is 11.0. The third-order valence-corrected chi connectivity index (χ3v) is 3.43. The fraction of sp³-hybridized carbons (Fsp3) is 0.643. The Hall–Kier alpha value is -1.25. The first-order chi connectivity index (χ1) is 7.99. The molecular weight excluding hydrogens is 214 g/mol. The second kappa shape index (κ2) is 7.93. The number of hydrogen-bond donors (Lipinski definition) is 2. The van der Waals surface area contributed by atoms with Crippen molar-refractivity contribution in [2.75, 3.05) is 0 Å².